The van der Waals surface area contributed by atoms with Gasteiger partial charge in [-0.3, -0.25) is 4.79 Å². The number of methoxy groups -OCH3 is 1. The third-order valence-corrected chi connectivity index (χ3v) is 15.5. The van der Waals surface area contributed by atoms with E-state index in [0.29, 0.717) is 25.9 Å². The third kappa shape index (κ3) is 9.31. The van der Waals surface area contributed by atoms with Crippen molar-refractivity contribution < 1.29 is 43.1 Å². The van der Waals surface area contributed by atoms with Gasteiger partial charge in [-0.25, -0.2) is 0 Å². The fourth-order valence-corrected chi connectivity index (χ4v) is 7.56. The maximum atomic E-state index is 13.1. The van der Waals surface area contributed by atoms with Crippen molar-refractivity contribution in [2.75, 3.05) is 25.6 Å². The molecule has 3 heterocycles. The summed E-state index contributed by atoms with van der Waals surface area (Å²) < 4.78 is 37.2. The Morgan fingerprint density at radius 2 is 1.69 bits per heavy atom. The standard InChI is InChI=1S/C38H57NO9Si/c1-26(35(42)39-28-12-9-8-10-13-28)31-14-11-20-38(47-31)21-19-32(48-38)34(41)37(25-45-37)22-33(30(40)24-46-49(6,7)36(2,3)4)44-23-27-15-17-29(43-5)18-16-27/h8-10,12-13,15-18,26,30-34,40-41H,11,14,19-25H2,1-7H3,(H,39,42)/t26-,30-,31+,32+,33-,34+,37-,38+/m1/s1. The van der Waals surface area contributed by atoms with Gasteiger partial charge in [0.2, 0.25) is 5.91 Å². The number of hydrogen-bond donors (Lipinski definition) is 3. The van der Waals surface area contributed by atoms with E-state index in [9.17, 15) is 15.0 Å². The number of amides is 1. The van der Waals surface area contributed by atoms with Crippen LogP contribution in [0.25, 0.3) is 0 Å². The molecule has 0 bridgehead atoms. The predicted octanol–water partition coefficient (Wildman–Crippen LogP) is 6.20. The monoisotopic (exact) mass is 699 g/mol. The Morgan fingerprint density at radius 1 is 1.02 bits per heavy atom. The van der Waals surface area contributed by atoms with Crippen LogP contribution in [0.15, 0.2) is 54.6 Å². The molecule has 0 radical (unpaired) electrons. The van der Waals surface area contributed by atoms with E-state index in [2.05, 4.69) is 39.2 Å². The Kier molecular flexibility index (Phi) is 12.0. The molecule has 1 spiro atoms. The molecule has 49 heavy (non-hydrogen) atoms. The normalized spacial score (nSPS) is 28.1. The maximum absolute atomic E-state index is 13.1. The van der Waals surface area contributed by atoms with Crippen molar-refractivity contribution in [1.29, 1.82) is 0 Å². The van der Waals surface area contributed by atoms with Crippen molar-refractivity contribution in [2.45, 2.75) is 133 Å². The average Bonchev–Trinajstić information content (AvgIpc) is 3.77. The molecular formula is C38H57NO9Si. The average molecular weight is 700 g/mol. The summed E-state index contributed by atoms with van der Waals surface area (Å²) >= 11 is 0. The minimum atomic E-state index is -2.13. The van der Waals surface area contributed by atoms with Crippen molar-refractivity contribution in [3.63, 3.8) is 0 Å². The summed E-state index contributed by atoms with van der Waals surface area (Å²) in [5.41, 5.74) is 0.768. The van der Waals surface area contributed by atoms with Crippen LogP contribution in [0.1, 0.15) is 71.8 Å². The molecule has 0 saturated carbocycles. The lowest BCUT2D eigenvalue weighted by molar-refractivity contribution is -0.285. The van der Waals surface area contributed by atoms with Gasteiger partial charge in [-0.1, -0.05) is 58.0 Å². The van der Waals surface area contributed by atoms with Crippen LogP contribution in [0.5, 0.6) is 5.75 Å². The van der Waals surface area contributed by atoms with Gasteiger partial charge in [0.25, 0.3) is 0 Å². The van der Waals surface area contributed by atoms with Crippen LogP contribution < -0.4 is 10.1 Å². The fourth-order valence-electron chi connectivity index (χ4n) is 6.54. The summed E-state index contributed by atoms with van der Waals surface area (Å²) in [7, 11) is -0.503. The number of hydrogen-bond acceptors (Lipinski definition) is 9. The highest BCUT2D eigenvalue weighted by Gasteiger charge is 2.59. The topological polar surface area (TPSA) is 128 Å². The van der Waals surface area contributed by atoms with Gasteiger partial charge in [0.15, 0.2) is 14.1 Å². The Balaban J connectivity index is 1.22. The smallest absolute Gasteiger partial charge is 0.229 e. The molecule has 1 amide bonds. The van der Waals surface area contributed by atoms with E-state index in [1.165, 1.54) is 0 Å². The predicted molar refractivity (Wildman–Crippen MR) is 190 cm³/mol. The van der Waals surface area contributed by atoms with E-state index in [4.69, 9.17) is 28.1 Å². The zero-order chi connectivity index (χ0) is 35.5. The van der Waals surface area contributed by atoms with Crippen LogP contribution in [0.4, 0.5) is 5.69 Å². The molecule has 10 nitrogen and oxygen atoms in total. The molecule has 5 rings (SSSR count). The van der Waals surface area contributed by atoms with Crippen molar-refractivity contribution in [1.82, 2.24) is 0 Å². The van der Waals surface area contributed by atoms with Gasteiger partial charge in [0.1, 0.15) is 23.6 Å². The molecule has 2 aromatic rings. The molecule has 0 aliphatic carbocycles. The lowest BCUT2D eigenvalue weighted by Crippen LogP contribution is -2.49. The highest BCUT2D eigenvalue weighted by atomic mass is 28.4. The summed E-state index contributed by atoms with van der Waals surface area (Å²) in [4.78, 5) is 13.1. The lowest BCUT2D eigenvalue weighted by atomic mass is 9.89. The first-order chi connectivity index (χ1) is 23.2. The Hall–Kier alpha value is -2.35. The second-order valence-electron chi connectivity index (χ2n) is 15.6. The highest BCUT2D eigenvalue weighted by Crippen LogP contribution is 2.47. The second kappa shape index (κ2) is 15.5. The second-order valence-corrected chi connectivity index (χ2v) is 20.4. The van der Waals surface area contributed by atoms with E-state index in [1.807, 2.05) is 61.5 Å². The molecule has 2 aromatic carbocycles. The molecule has 0 aromatic heterocycles. The van der Waals surface area contributed by atoms with Gasteiger partial charge < -0.3 is 43.6 Å². The van der Waals surface area contributed by atoms with E-state index in [1.54, 1.807) is 7.11 Å². The Bertz CT molecular complexity index is 1360. The van der Waals surface area contributed by atoms with E-state index >= 15 is 0 Å². The van der Waals surface area contributed by atoms with E-state index < -0.39 is 44.1 Å². The maximum Gasteiger partial charge on any atom is 0.229 e. The molecule has 8 atom stereocenters. The van der Waals surface area contributed by atoms with Crippen molar-refractivity contribution in [3.05, 3.63) is 60.2 Å². The molecule has 11 heteroatoms. The third-order valence-electron chi connectivity index (χ3n) is 11.0. The zero-order valence-electron chi connectivity index (χ0n) is 30.3. The number of ether oxygens (including phenoxy) is 5. The molecule has 3 fully saturated rings. The van der Waals surface area contributed by atoms with Gasteiger partial charge in [-0.05, 0) is 67.2 Å². The molecule has 272 valence electrons. The van der Waals surface area contributed by atoms with Crippen molar-refractivity contribution in [3.8, 4) is 5.75 Å². The number of epoxide rings is 1. The number of rotatable bonds is 15. The number of carbonyl (C=O) groups excluding carboxylic acids is 1. The number of aliphatic hydroxyl groups is 2. The largest absolute Gasteiger partial charge is 0.497 e. The summed E-state index contributed by atoms with van der Waals surface area (Å²) in [6.45, 7) is 13.4. The van der Waals surface area contributed by atoms with Crippen LogP contribution in [0, 0.1) is 5.92 Å². The van der Waals surface area contributed by atoms with Gasteiger partial charge in [-0.2, -0.15) is 0 Å². The summed E-state index contributed by atoms with van der Waals surface area (Å²) in [6.07, 6.45) is 0.466. The summed E-state index contributed by atoms with van der Waals surface area (Å²) in [6, 6.07) is 17.0. The van der Waals surface area contributed by atoms with Crippen LogP contribution in [-0.4, -0.2) is 86.7 Å². The zero-order valence-corrected chi connectivity index (χ0v) is 31.3. The van der Waals surface area contributed by atoms with Crippen molar-refractivity contribution >= 4 is 19.9 Å². The van der Waals surface area contributed by atoms with Gasteiger partial charge in [0.05, 0.1) is 51.2 Å². The molecule has 3 N–H and O–H groups in total. The summed E-state index contributed by atoms with van der Waals surface area (Å²) in [5, 5.41) is 26.2. The number of anilines is 1. The Labute approximate surface area is 292 Å². The van der Waals surface area contributed by atoms with Gasteiger partial charge >= 0.3 is 0 Å². The van der Waals surface area contributed by atoms with E-state index in [0.717, 1.165) is 29.8 Å². The number of para-hydroxylation sites is 1. The van der Waals surface area contributed by atoms with Crippen LogP contribution >= 0.6 is 0 Å². The molecular weight excluding hydrogens is 643 g/mol. The molecule has 3 saturated heterocycles. The quantitative estimate of drug-likeness (QED) is 0.147. The van der Waals surface area contributed by atoms with Gasteiger partial charge in [-0.15, -0.1) is 0 Å². The summed E-state index contributed by atoms with van der Waals surface area (Å²) in [5.74, 6) is -0.567. The number of benzene rings is 2. The number of carbonyl (C=O) groups is 1. The minimum absolute atomic E-state index is 0.0113. The van der Waals surface area contributed by atoms with Crippen molar-refractivity contribution in [2.24, 2.45) is 5.92 Å². The van der Waals surface area contributed by atoms with Crippen LogP contribution in [-0.2, 0) is 34.8 Å². The first-order valence-electron chi connectivity index (χ1n) is 17.8. The SMILES string of the molecule is COc1ccc(CO[C@H](C[C@]2([C@@H](O)[C@@H]3CC[C@]4(CCC[C@@H]([C@@H](C)C(=O)Nc5ccccc5)O4)O3)CO2)[C@H](O)CO[Si](C)(C)C(C)(C)C)cc1. The lowest BCUT2D eigenvalue weighted by Gasteiger charge is -2.41. The highest BCUT2D eigenvalue weighted by molar-refractivity contribution is 6.74. The molecule has 0 unspecified atom stereocenters. The first-order valence-corrected chi connectivity index (χ1v) is 20.7. The number of aliphatic hydroxyl groups excluding tert-OH is 2. The first kappa shape index (κ1) is 37.9. The minimum Gasteiger partial charge on any atom is -0.497 e. The van der Waals surface area contributed by atoms with Gasteiger partial charge in [0, 0.05) is 24.9 Å². The Morgan fingerprint density at radius 3 is 2.33 bits per heavy atom. The molecule has 3 aliphatic heterocycles. The fraction of sp³-hybridized carbons (Fsp3) is 0.658. The number of nitrogens with one attached hydrogen (secondary N) is 1. The van der Waals surface area contributed by atoms with E-state index in [-0.39, 0.29) is 42.6 Å². The van der Waals surface area contributed by atoms with Crippen LogP contribution in [0.3, 0.4) is 0 Å². The van der Waals surface area contributed by atoms with Crippen LogP contribution in [0.2, 0.25) is 18.1 Å². The molecule has 3 aliphatic rings.